The lowest BCUT2D eigenvalue weighted by Gasteiger charge is -2.08. The number of carboxylic acids is 1. The van der Waals surface area contributed by atoms with Gasteiger partial charge >= 0.3 is 5.97 Å². The summed E-state index contributed by atoms with van der Waals surface area (Å²) in [6.45, 7) is -0.164. The summed E-state index contributed by atoms with van der Waals surface area (Å²) >= 11 is 0. The number of rotatable bonds is 3. The third-order valence-electron chi connectivity index (χ3n) is 1.71. The van der Waals surface area contributed by atoms with Crippen molar-refractivity contribution in [3.05, 3.63) is 28.7 Å². The molecule has 14 heavy (non-hydrogen) atoms. The Morgan fingerprint density at radius 2 is 2.29 bits per heavy atom. The summed E-state index contributed by atoms with van der Waals surface area (Å²) in [7, 11) is 0. The van der Waals surface area contributed by atoms with Gasteiger partial charge in [-0.2, -0.15) is 0 Å². The first kappa shape index (κ1) is 10.3. The maximum atomic E-state index is 11.2. The van der Waals surface area contributed by atoms with Gasteiger partial charge in [-0.05, 0) is 12.1 Å². The van der Waals surface area contributed by atoms with Crippen molar-refractivity contribution < 1.29 is 15.0 Å². The molecule has 0 radical (unpaired) electrons. The minimum atomic E-state index is -1.19. The van der Waals surface area contributed by atoms with Crippen LogP contribution in [0.1, 0.15) is 0 Å². The van der Waals surface area contributed by atoms with Crippen LogP contribution in [-0.2, 0) is 11.3 Å². The van der Waals surface area contributed by atoms with Crippen molar-refractivity contribution in [2.45, 2.75) is 12.6 Å². The molecule has 1 atom stereocenters. The molecule has 0 aliphatic rings. The SMILES string of the molecule is NC(Cn1cccc(O)c1=O)C(=O)O. The third kappa shape index (κ3) is 2.11. The smallest absolute Gasteiger partial charge is 0.322 e. The summed E-state index contributed by atoms with van der Waals surface area (Å²) in [5, 5.41) is 17.5. The molecule has 0 bridgehead atoms. The summed E-state index contributed by atoms with van der Waals surface area (Å²) in [5.41, 5.74) is 4.58. The fourth-order valence-corrected chi connectivity index (χ4v) is 0.958. The maximum Gasteiger partial charge on any atom is 0.322 e. The van der Waals surface area contributed by atoms with Crippen LogP contribution in [0.15, 0.2) is 23.1 Å². The predicted molar refractivity (Wildman–Crippen MR) is 48.0 cm³/mol. The molecule has 1 aromatic rings. The van der Waals surface area contributed by atoms with E-state index in [1.54, 1.807) is 0 Å². The van der Waals surface area contributed by atoms with Crippen LogP contribution < -0.4 is 11.3 Å². The number of nitrogens with two attached hydrogens (primary N) is 1. The molecule has 4 N–H and O–H groups in total. The van der Waals surface area contributed by atoms with Crippen LogP contribution >= 0.6 is 0 Å². The molecule has 1 rings (SSSR count). The van der Waals surface area contributed by atoms with E-state index in [1.165, 1.54) is 18.3 Å². The van der Waals surface area contributed by atoms with E-state index in [0.717, 1.165) is 4.57 Å². The number of hydrogen-bond donors (Lipinski definition) is 3. The normalized spacial score (nSPS) is 12.4. The van der Waals surface area contributed by atoms with Gasteiger partial charge in [0.1, 0.15) is 6.04 Å². The lowest BCUT2D eigenvalue weighted by atomic mass is 10.3. The van der Waals surface area contributed by atoms with Gasteiger partial charge in [0.15, 0.2) is 5.75 Å². The molecule has 0 aromatic carbocycles. The Bertz CT molecular complexity index is 399. The minimum absolute atomic E-state index is 0.164. The highest BCUT2D eigenvalue weighted by molar-refractivity contribution is 5.72. The molecule has 0 saturated carbocycles. The molecule has 0 amide bonds. The molecule has 1 unspecified atom stereocenters. The maximum absolute atomic E-state index is 11.2. The Balaban J connectivity index is 2.93. The van der Waals surface area contributed by atoms with E-state index in [0.29, 0.717) is 0 Å². The second-order valence-electron chi connectivity index (χ2n) is 2.80. The lowest BCUT2D eigenvalue weighted by Crippen LogP contribution is -2.37. The largest absolute Gasteiger partial charge is 0.503 e. The van der Waals surface area contributed by atoms with Gasteiger partial charge < -0.3 is 20.5 Å². The number of carboxylic acid groups (broad SMARTS) is 1. The summed E-state index contributed by atoms with van der Waals surface area (Å²) in [5.74, 6) is -1.62. The van der Waals surface area contributed by atoms with Crippen molar-refractivity contribution in [1.29, 1.82) is 0 Å². The van der Waals surface area contributed by atoms with Gasteiger partial charge in [0.25, 0.3) is 5.56 Å². The third-order valence-corrected chi connectivity index (χ3v) is 1.71. The van der Waals surface area contributed by atoms with Crippen molar-refractivity contribution in [1.82, 2.24) is 4.57 Å². The van der Waals surface area contributed by atoms with E-state index in [-0.39, 0.29) is 6.54 Å². The van der Waals surface area contributed by atoms with Crippen LogP contribution in [0.3, 0.4) is 0 Å². The van der Waals surface area contributed by atoms with Gasteiger partial charge in [-0.1, -0.05) is 0 Å². The zero-order valence-electron chi connectivity index (χ0n) is 7.25. The zero-order valence-corrected chi connectivity index (χ0v) is 7.25. The second-order valence-corrected chi connectivity index (χ2v) is 2.80. The monoisotopic (exact) mass is 198 g/mol. The Labute approximate surface area is 79.2 Å². The molecular formula is C8H10N2O4. The second kappa shape index (κ2) is 3.93. The molecule has 0 spiro atoms. The zero-order chi connectivity index (χ0) is 10.7. The molecule has 1 aromatic heterocycles. The van der Waals surface area contributed by atoms with Crippen LogP contribution in [-0.4, -0.2) is 26.8 Å². The van der Waals surface area contributed by atoms with Gasteiger partial charge in [0.2, 0.25) is 0 Å². The number of aliphatic carboxylic acids is 1. The molecule has 6 nitrogen and oxygen atoms in total. The average Bonchev–Trinajstić information content (AvgIpc) is 2.12. The number of aromatic hydroxyl groups is 1. The molecule has 0 aliphatic heterocycles. The summed E-state index contributed by atoms with van der Waals surface area (Å²) in [6.07, 6.45) is 1.37. The van der Waals surface area contributed by atoms with Crippen molar-refractivity contribution in [3.8, 4) is 5.75 Å². The summed E-state index contributed by atoms with van der Waals surface area (Å²) in [6, 6.07) is 1.51. The molecule has 1 heterocycles. The first-order valence-corrected chi connectivity index (χ1v) is 3.89. The Hall–Kier alpha value is -1.82. The fraction of sp³-hybridized carbons (Fsp3) is 0.250. The van der Waals surface area contributed by atoms with Crippen molar-refractivity contribution in [3.63, 3.8) is 0 Å². The van der Waals surface area contributed by atoms with Crippen LogP contribution in [0.4, 0.5) is 0 Å². The predicted octanol–water partition coefficient (Wildman–Crippen LogP) is -1.03. The fourth-order valence-electron chi connectivity index (χ4n) is 0.958. The number of carbonyl (C=O) groups is 1. The highest BCUT2D eigenvalue weighted by Gasteiger charge is 2.13. The van der Waals surface area contributed by atoms with E-state index in [1.807, 2.05) is 0 Å². The van der Waals surface area contributed by atoms with Crippen molar-refractivity contribution >= 4 is 5.97 Å². The van der Waals surface area contributed by atoms with E-state index >= 15 is 0 Å². The van der Waals surface area contributed by atoms with E-state index < -0.39 is 23.3 Å². The van der Waals surface area contributed by atoms with Gasteiger partial charge in [0.05, 0.1) is 6.54 Å². The molecule has 76 valence electrons. The van der Waals surface area contributed by atoms with Gasteiger partial charge in [-0.3, -0.25) is 9.59 Å². The molecule has 0 aliphatic carbocycles. The number of pyridine rings is 1. The van der Waals surface area contributed by atoms with Gasteiger partial charge in [-0.25, -0.2) is 0 Å². The minimum Gasteiger partial charge on any atom is -0.503 e. The molecule has 6 heteroatoms. The first-order chi connectivity index (χ1) is 6.52. The highest BCUT2D eigenvalue weighted by Crippen LogP contribution is 1.98. The Kier molecular flexibility index (Phi) is 2.88. The highest BCUT2D eigenvalue weighted by atomic mass is 16.4. The molecule has 0 fully saturated rings. The van der Waals surface area contributed by atoms with Crippen molar-refractivity contribution in [2.75, 3.05) is 0 Å². The van der Waals surface area contributed by atoms with Crippen molar-refractivity contribution in [2.24, 2.45) is 5.73 Å². The van der Waals surface area contributed by atoms with E-state index in [4.69, 9.17) is 15.9 Å². The first-order valence-electron chi connectivity index (χ1n) is 3.89. The number of hydrogen-bond acceptors (Lipinski definition) is 4. The Morgan fingerprint density at radius 1 is 1.64 bits per heavy atom. The van der Waals surface area contributed by atoms with Crippen LogP contribution in [0.25, 0.3) is 0 Å². The van der Waals surface area contributed by atoms with Crippen LogP contribution in [0, 0.1) is 0 Å². The van der Waals surface area contributed by atoms with Gasteiger partial charge in [-0.15, -0.1) is 0 Å². The van der Waals surface area contributed by atoms with Crippen LogP contribution in [0.2, 0.25) is 0 Å². The molecule has 0 saturated heterocycles. The summed E-state index contributed by atoms with van der Waals surface area (Å²) in [4.78, 5) is 21.6. The number of aromatic nitrogens is 1. The van der Waals surface area contributed by atoms with Crippen LogP contribution in [0.5, 0.6) is 5.75 Å². The molecular weight excluding hydrogens is 188 g/mol. The average molecular weight is 198 g/mol. The van der Waals surface area contributed by atoms with Gasteiger partial charge in [0, 0.05) is 6.20 Å². The van der Waals surface area contributed by atoms with E-state index in [9.17, 15) is 9.59 Å². The summed E-state index contributed by atoms with van der Waals surface area (Å²) < 4.78 is 1.05. The lowest BCUT2D eigenvalue weighted by molar-refractivity contribution is -0.138. The van der Waals surface area contributed by atoms with E-state index in [2.05, 4.69) is 0 Å². The Morgan fingerprint density at radius 3 is 2.86 bits per heavy atom. The number of nitrogens with zero attached hydrogens (tertiary/aromatic N) is 1. The quantitative estimate of drug-likeness (QED) is 0.575. The topological polar surface area (TPSA) is 106 Å². The standard InChI is InChI=1S/C8H10N2O4/c9-5(8(13)14)4-10-3-1-2-6(11)7(10)12/h1-3,5,11H,4,9H2,(H,13,14).